The minimum Gasteiger partial charge on any atom is -0.434 e. The minimum atomic E-state index is -2.80. The third-order valence-electron chi connectivity index (χ3n) is 5.44. The lowest BCUT2D eigenvalue weighted by atomic mass is 9.82. The first-order valence-corrected chi connectivity index (χ1v) is 9.25. The molecule has 26 heavy (non-hydrogen) atoms. The lowest BCUT2D eigenvalue weighted by Crippen LogP contribution is -2.47. The van der Waals surface area contributed by atoms with E-state index < -0.39 is 6.61 Å². The van der Waals surface area contributed by atoms with E-state index in [-0.39, 0.29) is 5.75 Å². The summed E-state index contributed by atoms with van der Waals surface area (Å²) in [5, 5.41) is 0. The summed E-state index contributed by atoms with van der Waals surface area (Å²) in [6, 6.07) is 18.5. The molecule has 1 fully saturated rings. The number of halogens is 2. The van der Waals surface area contributed by atoms with Crippen molar-refractivity contribution in [3.63, 3.8) is 0 Å². The number of hydrogen-bond acceptors (Lipinski definition) is 2. The Kier molecular flexibility index (Phi) is 5.02. The standard InChI is InChI=1S/C22H23F2NO/c23-22(24)26-21-12-5-4-11-20(21)17-13-18-9-6-10-19(14-17)25(18)15-16-7-2-1-3-8-16/h1-5,7-8,11-13,18-19,22H,6,9-10,14-15H2. The van der Waals surface area contributed by atoms with E-state index in [1.807, 2.05) is 18.2 Å². The Morgan fingerprint density at radius 2 is 1.77 bits per heavy atom. The van der Waals surface area contributed by atoms with Gasteiger partial charge in [-0.25, -0.2) is 0 Å². The van der Waals surface area contributed by atoms with Gasteiger partial charge in [0.05, 0.1) is 0 Å². The molecule has 2 heterocycles. The number of piperidine rings is 1. The summed E-state index contributed by atoms with van der Waals surface area (Å²) in [7, 11) is 0. The van der Waals surface area contributed by atoms with E-state index in [1.54, 1.807) is 12.1 Å². The van der Waals surface area contributed by atoms with E-state index in [0.717, 1.165) is 36.9 Å². The number of benzene rings is 2. The Labute approximate surface area is 153 Å². The third-order valence-corrected chi connectivity index (χ3v) is 5.44. The van der Waals surface area contributed by atoms with Gasteiger partial charge in [-0.1, -0.05) is 61.0 Å². The molecular formula is C22H23F2NO. The van der Waals surface area contributed by atoms with Gasteiger partial charge in [-0.15, -0.1) is 0 Å². The first-order chi connectivity index (χ1) is 12.7. The van der Waals surface area contributed by atoms with E-state index in [4.69, 9.17) is 4.74 Å². The minimum absolute atomic E-state index is 0.281. The highest BCUT2D eigenvalue weighted by atomic mass is 19.3. The average molecular weight is 355 g/mol. The predicted octanol–water partition coefficient (Wildman–Crippen LogP) is 5.50. The van der Waals surface area contributed by atoms with Crippen LogP contribution in [0.2, 0.25) is 0 Å². The molecule has 4 rings (SSSR count). The molecule has 136 valence electrons. The van der Waals surface area contributed by atoms with Gasteiger partial charge in [0.1, 0.15) is 5.75 Å². The van der Waals surface area contributed by atoms with Crippen molar-refractivity contribution in [1.29, 1.82) is 0 Å². The molecule has 0 radical (unpaired) electrons. The Bertz CT molecular complexity index is 775. The molecule has 0 amide bonds. The van der Waals surface area contributed by atoms with Crippen LogP contribution in [-0.4, -0.2) is 23.6 Å². The van der Waals surface area contributed by atoms with E-state index >= 15 is 0 Å². The van der Waals surface area contributed by atoms with Gasteiger partial charge in [0.25, 0.3) is 0 Å². The summed E-state index contributed by atoms with van der Waals surface area (Å²) in [4.78, 5) is 2.57. The summed E-state index contributed by atoms with van der Waals surface area (Å²) in [5.41, 5.74) is 3.27. The molecule has 0 aliphatic carbocycles. The van der Waals surface area contributed by atoms with Gasteiger partial charge in [0.15, 0.2) is 0 Å². The molecule has 2 aromatic carbocycles. The second kappa shape index (κ2) is 7.58. The van der Waals surface area contributed by atoms with Crippen LogP contribution in [0.15, 0.2) is 60.7 Å². The van der Waals surface area contributed by atoms with Crippen molar-refractivity contribution < 1.29 is 13.5 Å². The molecule has 2 aromatic rings. The fourth-order valence-corrected chi connectivity index (χ4v) is 4.29. The zero-order chi connectivity index (χ0) is 17.9. The maximum Gasteiger partial charge on any atom is 0.387 e. The highest BCUT2D eigenvalue weighted by molar-refractivity contribution is 5.72. The number of hydrogen-bond donors (Lipinski definition) is 0. The zero-order valence-corrected chi connectivity index (χ0v) is 14.7. The van der Waals surface area contributed by atoms with Crippen LogP contribution in [0.4, 0.5) is 8.78 Å². The van der Waals surface area contributed by atoms with Crippen LogP contribution in [0.5, 0.6) is 5.75 Å². The van der Waals surface area contributed by atoms with Gasteiger partial charge >= 0.3 is 6.61 Å². The molecule has 2 atom stereocenters. The number of fused-ring (bicyclic) bond motifs is 2. The fraction of sp³-hybridized carbons (Fsp3) is 0.364. The van der Waals surface area contributed by atoms with Crippen LogP contribution in [0, 0.1) is 0 Å². The Hall–Kier alpha value is -2.20. The van der Waals surface area contributed by atoms with Crippen LogP contribution in [0.25, 0.3) is 5.57 Å². The second-order valence-corrected chi connectivity index (χ2v) is 7.08. The summed E-state index contributed by atoms with van der Waals surface area (Å²) >= 11 is 0. The SMILES string of the molecule is FC(F)Oc1ccccc1C1=CC2CCCC(C1)N2Cc1ccccc1. The lowest BCUT2D eigenvalue weighted by Gasteiger charge is -2.45. The normalized spacial score (nSPS) is 23.0. The van der Waals surface area contributed by atoms with E-state index in [1.165, 1.54) is 12.0 Å². The van der Waals surface area contributed by atoms with Crippen molar-refractivity contribution in [1.82, 2.24) is 4.90 Å². The van der Waals surface area contributed by atoms with Gasteiger partial charge in [0.2, 0.25) is 0 Å². The van der Waals surface area contributed by atoms with Crippen LogP contribution >= 0.6 is 0 Å². The lowest BCUT2D eigenvalue weighted by molar-refractivity contribution is -0.0500. The first kappa shape index (κ1) is 17.2. The van der Waals surface area contributed by atoms with Gasteiger partial charge in [0, 0.05) is 24.2 Å². The molecule has 0 spiro atoms. The second-order valence-electron chi connectivity index (χ2n) is 7.08. The zero-order valence-electron chi connectivity index (χ0n) is 14.7. The van der Waals surface area contributed by atoms with Gasteiger partial charge in [-0.3, -0.25) is 4.90 Å². The maximum absolute atomic E-state index is 12.8. The van der Waals surface area contributed by atoms with Crippen LogP contribution in [-0.2, 0) is 6.54 Å². The van der Waals surface area contributed by atoms with Crippen molar-refractivity contribution in [2.45, 2.75) is 50.9 Å². The quantitative estimate of drug-likeness (QED) is 0.702. The van der Waals surface area contributed by atoms with Gasteiger partial charge in [-0.05, 0) is 36.5 Å². The molecule has 4 heteroatoms. The monoisotopic (exact) mass is 355 g/mol. The smallest absolute Gasteiger partial charge is 0.387 e. The highest BCUT2D eigenvalue weighted by Gasteiger charge is 2.34. The summed E-state index contributed by atoms with van der Waals surface area (Å²) in [6.07, 6.45) is 6.64. The molecular weight excluding hydrogens is 332 g/mol. The van der Waals surface area contributed by atoms with E-state index in [0.29, 0.717) is 12.1 Å². The van der Waals surface area contributed by atoms with Gasteiger partial charge < -0.3 is 4.74 Å². The van der Waals surface area contributed by atoms with Crippen LogP contribution in [0.3, 0.4) is 0 Å². The van der Waals surface area contributed by atoms with E-state index in [9.17, 15) is 8.78 Å². The van der Waals surface area contributed by atoms with Crippen molar-refractivity contribution in [3.8, 4) is 5.75 Å². The van der Waals surface area contributed by atoms with Crippen LogP contribution in [0.1, 0.15) is 36.8 Å². The molecule has 2 unspecified atom stereocenters. The third kappa shape index (κ3) is 3.65. The Morgan fingerprint density at radius 3 is 2.54 bits per heavy atom. The molecule has 0 aromatic heterocycles. The van der Waals surface area contributed by atoms with Gasteiger partial charge in [-0.2, -0.15) is 8.78 Å². The molecule has 0 N–H and O–H groups in total. The topological polar surface area (TPSA) is 12.5 Å². The predicted molar refractivity (Wildman–Crippen MR) is 99.1 cm³/mol. The molecule has 0 saturated carbocycles. The fourth-order valence-electron chi connectivity index (χ4n) is 4.29. The molecule has 2 aliphatic rings. The number of rotatable bonds is 5. The molecule has 2 nitrogen and oxygen atoms in total. The van der Waals surface area contributed by atoms with Crippen molar-refractivity contribution in [3.05, 3.63) is 71.8 Å². The Balaban J connectivity index is 1.61. The molecule has 2 bridgehead atoms. The number of nitrogens with zero attached hydrogens (tertiary/aromatic N) is 1. The largest absolute Gasteiger partial charge is 0.434 e. The first-order valence-electron chi connectivity index (χ1n) is 9.25. The molecule has 2 aliphatic heterocycles. The van der Waals surface area contributed by atoms with Crippen LogP contribution < -0.4 is 4.74 Å². The van der Waals surface area contributed by atoms with Crippen molar-refractivity contribution in [2.24, 2.45) is 0 Å². The number of alkyl halides is 2. The summed E-state index contributed by atoms with van der Waals surface area (Å²) < 4.78 is 30.3. The van der Waals surface area contributed by atoms with Crippen molar-refractivity contribution >= 4 is 5.57 Å². The summed E-state index contributed by atoms with van der Waals surface area (Å²) in [6.45, 7) is -1.86. The van der Waals surface area contributed by atoms with E-state index in [2.05, 4.69) is 35.2 Å². The Morgan fingerprint density at radius 1 is 1.00 bits per heavy atom. The maximum atomic E-state index is 12.8. The molecule has 1 saturated heterocycles. The highest BCUT2D eigenvalue weighted by Crippen LogP contribution is 2.40. The number of para-hydroxylation sites is 1. The number of ether oxygens (including phenoxy) is 1. The average Bonchev–Trinajstić information content (AvgIpc) is 2.62. The summed E-state index contributed by atoms with van der Waals surface area (Å²) in [5.74, 6) is 0.281. The van der Waals surface area contributed by atoms with Crippen molar-refractivity contribution in [2.75, 3.05) is 0 Å².